The second-order valence-corrected chi connectivity index (χ2v) is 7.58. The summed E-state index contributed by atoms with van der Waals surface area (Å²) in [7, 11) is -3.84. The lowest BCUT2D eigenvalue weighted by atomic mass is 10.0. The summed E-state index contributed by atoms with van der Waals surface area (Å²) in [5.74, 6) is 0. The molecule has 1 N–H and O–H groups in total. The Balaban J connectivity index is 2.31. The van der Waals surface area contributed by atoms with Crippen LogP contribution in [0.1, 0.15) is 36.1 Å². The van der Waals surface area contributed by atoms with Gasteiger partial charge >= 0.3 is 0 Å². The van der Waals surface area contributed by atoms with Gasteiger partial charge in [-0.25, -0.2) is 13.1 Å². The van der Waals surface area contributed by atoms with Gasteiger partial charge in [0.25, 0.3) is 5.69 Å². The zero-order valence-electron chi connectivity index (χ0n) is 14.6. The van der Waals surface area contributed by atoms with Gasteiger partial charge in [0.05, 0.1) is 9.82 Å². The molecule has 0 unspecified atom stereocenters. The molecule has 2 aromatic rings. The van der Waals surface area contributed by atoms with Gasteiger partial charge in [-0.2, -0.15) is 0 Å². The number of hydrogen-bond donors (Lipinski definition) is 1. The molecule has 2 aromatic carbocycles. The highest BCUT2D eigenvalue weighted by Gasteiger charge is 2.20. The summed E-state index contributed by atoms with van der Waals surface area (Å²) in [6.45, 7) is 5.83. The van der Waals surface area contributed by atoms with E-state index in [9.17, 15) is 18.5 Å². The van der Waals surface area contributed by atoms with Crippen molar-refractivity contribution in [3.8, 4) is 0 Å². The number of aryl methyl sites for hydroxylation is 3. The lowest BCUT2D eigenvalue weighted by Gasteiger charge is -2.13. The van der Waals surface area contributed by atoms with Gasteiger partial charge in [-0.3, -0.25) is 10.1 Å². The van der Waals surface area contributed by atoms with E-state index < -0.39 is 14.9 Å². The highest BCUT2D eigenvalue weighted by atomic mass is 32.2. The average molecular weight is 362 g/mol. The Morgan fingerprint density at radius 2 is 1.76 bits per heavy atom. The molecule has 0 saturated carbocycles. The van der Waals surface area contributed by atoms with E-state index in [1.807, 2.05) is 32.0 Å². The minimum absolute atomic E-state index is 0.0635. The van der Waals surface area contributed by atoms with Crippen LogP contribution in [0.25, 0.3) is 0 Å². The molecule has 0 bridgehead atoms. The molecule has 0 radical (unpaired) electrons. The van der Waals surface area contributed by atoms with Crippen LogP contribution in [-0.2, 0) is 29.4 Å². The normalized spacial score (nSPS) is 11.5. The van der Waals surface area contributed by atoms with Gasteiger partial charge in [-0.1, -0.05) is 38.1 Å². The fraction of sp³-hybridized carbons (Fsp3) is 0.333. The molecule has 0 saturated heterocycles. The van der Waals surface area contributed by atoms with E-state index in [0.717, 1.165) is 35.6 Å². The molecule has 6 nitrogen and oxygen atoms in total. The van der Waals surface area contributed by atoms with E-state index in [-0.39, 0.29) is 17.1 Å². The molecule has 0 aliphatic heterocycles. The topological polar surface area (TPSA) is 89.3 Å². The quantitative estimate of drug-likeness (QED) is 0.603. The van der Waals surface area contributed by atoms with E-state index in [1.165, 1.54) is 12.1 Å². The van der Waals surface area contributed by atoms with Gasteiger partial charge in [0.2, 0.25) is 10.0 Å². The molecule has 0 spiro atoms. The van der Waals surface area contributed by atoms with Crippen LogP contribution < -0.4 is 4.72 Å². The zero-order valence-corrected chi connectivity index (χ0v) is 15.4. The summed E-state index contributed by atoms with van der Waals surface area (Å²) < 4.78 is 27.8. The maximum absolute atomic E-state index is 12.6. The third kappa shape index (κ3) is 4.43. The Morgan fingerprint density at radius 1 is 1.04 bits per heavy atom. The standard InChI is InChI=1S/C18H22N2O4S/c1-4-14-7-8-15(5-2)16(10-14)12-19-25(23,24)18-11-17(20(21)22)9-6-13(18)3/h6-11,19H,4-5,12H2,1-3H3. The Hall–Kier alpha value is -2.25. The van der Waals surface area contributed by atoms with E-state index in [4.69, 9.17) is 0 Å². The van der Waals surface area contributed by atoms with Crippen LogP contribution in [0.15, 0.2) is 41.3 Å². The molecule has 0 amide bonds. The molecule has 25 heavy (non-hydrogen) atoms. The number of nitro groups is 1. The summed E-state index contributed by atoms with van der Waals surface area (Å²) in [4.78, 5) is 10.3. The zero-order chi connectivity index (χ0) is 18.6. The van der Waals surface area contributed by atoms with Crippen molar-refractivity contribution in [3.05, 3.63) is 68.8 Å². The van der Waals surface area contributed by atoms with Crippen molar-refractivity contribution in [1.82, 2.24) is 4.72 Å². The number of non-ortho nitro benzene ring substituents is 1. The first-order valence-corrected chi connectivity index (χ1v) is 9.62. The van der Waals surface area contributed by atoms with Crippen molar-refractivity contribution in [2.45, 2.75) is 45.1 Å². The molecule has 0 fully saturated rings. The van der Waals surface area contributed by atoms with Gasteiger partial charge in [0.1, 0.15) is 0 Å². The van der Waals surface area contributed by atoms with Crippen molar-refractivity contribution in [3.63, 3.8) is 0 Å². The minimum atomic E-state index is -3.84. The minimum Gasteiger partial charge on any atom is -0.258 e. The van der Waals surface area contributed by atoms with Crippen LogP contribution in [0.5, 0.6) is 0 Å². The summed E-state index contributed by atoms with van der Waals surface area (Å²) in [6.07, 6.45) is 1.67. The molecule has 0 aliphatic rings. The van der Waals surface area contributed by atoms with Crippen LogP contribution in [0, 0.1) is 17.0 Å². The lowest BCUT2D eigenvalue weighted by Crippen LogP contribution is -2.24. The second kappa shape index (κ2) is 7.76. The van der Waals surface area contributed by atoms with Gasteiger partial charge in [0, 0.05) is 18.7 Å². The van der Waals surface area contributed by atoms with Crippen molar-refractivity contribution in [2.75, 3.05) is 0 Å². The Bertz CT molecular complexity index is 892. The molecule has 2 rings (SSSR count). The van der Waals surface area contributed by atoms with Gasteiger partial charge < -0.3 is 0 Å². The number of nitrogens with one attached hydrogen (secondary N) is 1. The number of hydrogen-bond acceptors (Lipinski definition) is 4. The number of sulfonamides is 1. The molecule has 0 aromatic heterocycles. The monoisotopic (exact) mass is 362 g/mol. The third-order valence-corrected chi connectivity index (χ3v) is 5.73. The SMILES string of the molecule is CCc1ccc(CC)c(CNS(=O)(=O)c2cc([N+](=O)[O-])ccc2C)c1. The van der Waals surface area contributed by atoms with Crippen molar-refractivity contribution < 1.29 is 13.3 Å². The van der Waals surface area contributed by atoms with E-state index in [0.29, 0.717) is 5.56 Å². The summed E-state index contributed by atoms with van der Waals surface area (Å²) in [6, 6.07) is 9.90. The fourth-order valence-corrected chi connectivity index (χ4v) is 3.92. The average Bonchev–Trinajstić information content (AvgIpc) is 2.59. The van der Waals surface area contributed by atoms with Crippen molar-refractivity contribution in [1.29, 1.82) is 0 Å². The maximum atomic E-state index is 12.6. The predicted octanol–water partition coefficient (Wildman–Crippen LogP) is 3.51. The molecule has 134 valence electrons. The smallest absolute Gasteiger partial charge is 0.258 e. The first-order valence-electron chi connectivity index (χ1n) is 8.13. The molecule has 0 aliphatic carbocycles. The van der Waals surface area contributed by atoms with E-state index in [2.05, 4.69) is 4.72 Å². The van der Waals surface area contributed by atoms with Crippen molar-refractivity contribution in [2.24, 2.45) is 0 Å². The van der Waals surface area contributed by atoms with Gasteiger partial charge in [0.15, 0.2) is 0 Å². The molecule has 0 heterocycles. The van der Waals surface area contributed by atoms with Crippen LogP contribution in [0.3, 0.4) is 0 Å². The molecule has 0 atom stereocenters. The van der Waals surface area contributed by atoms with E-state index >= 15 is 0 Å². The van der Waals surface area contributed by atoms with Crippen LogP contribution in [0.4, 0.5) is 5.69 Å². The first-order chi connectivity index (χ1) is 11.8. The molecular weight excluding hydrogens is 340 g/mol. The number of benzene rings is 2. The summed E-state index contributed by atoms with van der Waals surface area (Å²) in [5, 5.41) is 10.9. The number of nitrogens with zero attached hydrogens (tertiary/aromatic N) is 1. The molecular formula is C18H22N2O4S. The third-order valence-electron chi connectivity index (χ3n) is 4.18. The number of nitro benzene ring substituents is 1. The lowest BCUT2D eigenvalue weighted by molar-refractivity contribution is -0.385. The Kier molecular flexibility index (Phi) is 5.92. The fourth-order valence-electron chi connectivity index (χ4n) is 2.65. The Labute approximate surface area is 148 Å². The highest BCUT2D eigenvalue weighted by molar-refractivity contribution is 7.89. The van der Waals surface area contributed by atoms with Crippen molar-refractivity contribution >= 4 is 15.7 Å². The van der Waals surface area contributed by atoms with Gasteiger partial charge in [-0.15, -0.1) is 0 Å². The second-order valence-electron chi connectivity index (χ2n) is 5.84. The van der Waals surface area contributed by atoms with E-state index in [1.54, 1.807) is 6.92 Å². The predicted molar refractivity (Wildman–Crippen MR) is 97.1 cm³/mol. The summed E-state index contributed by atoms with van der Waals surface area (Å²) in [5.41, 5.74) is 3.37. The number of rotatable bonds is 7. The van der Waals surface area contributed by atoms with Crippen LogP contribution >= 0.6 is 0 Å². The van der Waals surface area contributed by atoms with Gasteiger partial charge in [-0.05, 0) is 42.0 Å². The van der Waals surface area contributed by atoms with Crippen LogP contribution in [0.2, 0.25) is 0 Å². The molecule has 7 heteroatoms. The largest absolute Gasteiger partial charge is 0.270 e. The van der Waals surface area contributed by atoms with Crippen LogP contribution in [-0.4, -0.2) is 13.3 Å². The first kappa shape index (κ1) is 19.1. The Morgan fingerprint density at radius 3 is 2.36 bits per heavy atom. The summed E-state index contributed by atoms with van der Waals surface area (Å²) >= 11 is 0. The highest BCUT2D eigenvalue weighted by Crippen LogP contribution is 2.22. The maximum Gasteiger partial charge on any atom is 0.270 e.